The van der Waals surface area contributed by atoms with Crippen molar-refractivity contribution >= 4 is 10.4 Å². The second-order valence-electron chi connectivity index (χ2n) is 2.73. The molecule has 0 rings (SSSR count). The fraction of sp³-hybridized carbons (Fsp3) is 0.750. The van der Waals surface area contributed by atoms with Gasteiger partial charge in [0.15, 0.2) is 0 Å². The first-order valence-corrected chi connectivity index (χ1v) is 5.68. The Morgan fingerprint density at radius 3 is 2.43 bits per heavy atom. The van der Waals surface area contributed by atoms with Gasteiger partial charge in [0.05, 0.1) is 0 Å². The van der Waals surface area contributed by atoms with Gasteiger partial charge in [-0.3, -0.25) is 0 Å². The van der Waals surface area contributed by atoms with Crippen LogP contribution in [-0.2, 0) is 14.6 Å². The minimum absolute atomic E-state index is 0. The molecule has 78 valence electrons. The van der Waals surface area contributed by atoms with Gasteiger partial charge in [-0.05, 0) is 18.9 Å². The van der Waals surface area contributed by atoms with E-state index in [1.54, 1.807) is 6.08 Å². The van der Waals surface area contributed by atoms with Crippen molar-refractivity contribution in [1.29, 1.82) is 0 Å². The molecule has 0 heterocycles. The predicted molar refractivity (Wildman–Crippen MR) is 48.7 cm³/mol. The van der Waals surface area contributed by atoms with Crippen molar-refractivity contribution in [1.82, 2.24) is 0 Å². The molecule has 0 unspecified atom stereocenters. The van der Waals surface area contributed by atoms with Crippen LogP contribution >= 0.6 is 0 Å². The van der Waals surface area contributed by atoms with Crippen molar-refractivity contribution in [2.45, 2.75) is 39.0 Å². The molecule has 0 amide bonds. The van der Waals surface area contributed by atoms with Crippen molar-refractivity contribution in [2.24, 2.45) is 0 Å². The summed E-state index contributed by atoms with van der Waals surface area (Å²) in [7, 11) is -4.56. The van der Waals surface area contributed by atoms with Gasteiger partial charge in [-0.15, -0.1) is 0 Å². The van der Waals surface area contributed by atoms with E-state index in [9.17, 15) is 13.0 Å². The van der Waals surface area contributed by atoms with Crippen LogP contribution in [-0.4, -0.2) is 13.0 Å². The van der Waals surface area contributed by atoms with Gasteiger partial charge in [0.1, 0.15) is 6.26 Å². The molecule has 4 nitrogen and oxygen atoms in total. The topological polar surface area (TPSA) is 66.4 Å². The molecule has 0 bridgehead atoms. The van der Waals surface area contributed by atoms with E-state index < -0.39 is 10.4 Å². The molecule has 0 aliphatic carbocycles. The van der Waals surface area contributed by atoms with Crippen LogP contribution in [0.15, 0.2) is 12.3 Å². The Kier molecular flexibility index (Phi) is 13.2. The number of hydrogen-bond acceptors (Lipinski definition) is 4. The van der Waals surface area contributed by atoms with Crippen LogP contribution in [0.4, 0.5) is 0 Å². The third-order valence-electron chi connectivity index (χ3n) is 1.49. The van der Waals surface area contributed by atoms with E-state index in [1.165, 1.54) is 6.42 Å². The Labute approximate surface area is 128 Å². The minimum Gasteiger partial charge on any atom is -0.716 e. The molecular formula is C8H15KO4S. The average Bonchev–Trinajstić information content (AvgIpc) is 2.01. The molecule has 0 aliphatic heterocycles. The summed E-state index contributed by atoms with van der Waals surface area (Å²) in [5.74, 6) is 0. The van der Waals surface area contributed by atoms with Gasteiger partial charge < -0.3 is 8.74 Å². The molecule has 0 spiro atoms. The van der Waals surface area contributed by atoms with Crippen molar-refractivity contribution in [3.8, 4) is 0 Å². The molecule has 0 saturated heterocycles. The van der Waals surface area contributed by atoms with Crippen LogP contribution in [0.1, 0.15) is 39.0 Å². The average molecular weight is 246 g/mol. The van der Waals surface area contributed by atoms with E-state index in [2.05, 4.69) is 11.1 Å². The number of hydrogen-bond donors (Lipinski definition) is 0. The summed E-state index contributed by atoms with van der Waals surface area (Å²) in [6.07, 6.45) is 7.68. The van der Waals surface area contributed by atoms with Crippen molar-refractivity contribution < 1.29 is 68.5 Å². The molecule has 6 heteroatoms. The molecule has 0 aliphatic rings. The molecule has 0 aromatic rings. The van der Waals surface area contributed by atoms with Crippen LogP contribution in [0.25, 0.3) is 0 Å². The number of allylic oxidation sites excluding steroid dienone is 1. The second-order valence-corrected chi connectivity index (χ2v) is 3.73. The summed E-state index contributed by atoms with van der Waals surface area (Å²) in [6, 6.07) is 0. The van der Waals surface area contributed by atoms with Gasteiger partial charge in [0, 0.05) is 0 Å². The van der Waals surface area contributed by atoms with Crippen LogP contribution in [0, 0.1) is 0 Å². The maximum absolute atomic E-state index is 9.94. The van der Waals surface area contributed by atoms with Crippen molar-refractivity contribution in [3.63, 3.8) is 0 Å². The first kappa shape index (κ1) is 17.5. The zero-order valence-corrected chi connectivity index (χ0v) is 12.7. The standard InChI is InChI=1S/C8H16O4S.K/c1-2-3-4-5-6-7-8-12-13(9,10)11;/h7-8H,2-6H2,1H3,(H,9,10,11);/q;+1/p-1/b8-7+;. The third kappa shape index (κ3) is 15.6. The number of unbranched alkanes of at least 4 members (excludes halogenated alkanes) is 4. The molecule has 0 atom stereocenters. The summed E-state index contributed by atoms with van der Waals surface area (Å²) in [6.45, 7) is 2.11. The Hall–Kier alpha value is 1.09. The molecule has 0 aromatic carbocycles. The van der Waals surface area contributed by atoms with Crippen molar-refractivity contribution in [3.05, 3.63) is 12.3 Å². The maximum atomic E-state index is 9.94. The summed E-state index contributed by atoms with van der Waals surface area (Å²) >= 11 is 0. The van der Waals surface area contributed by atoms with E-state index in [4.69, 9.17) is 0 Å². The summed E-state index contributed by atoms with van der Waals surface area (Å²) in [5, 5.41) is 0. The van der Waals surface area contributed by atoms with Crippen LogP contribution in [0.5, 0.6) is 0 Å². The van der Waals surface area contributed by atoms with Gasteiger partial charge in [-0.25, -0.2) is 8.42 Å². The monoisotopic (exact) mass is 246 g/mol. The molecular weight excluding hydrogens is 231 g/mol. The van der Waals surface area contributed by atoms with Gasteiger partial charge in [-0.1, -0.05) is 26.2 Å². The molecule has 0 aromatic heterocycles. The molecule has 0 fully saturated rings. The Morgan fingerprint density at radius 1 is 1.29 bits per heavy atom. The van der Waals surface area contributed by atoms with Gasteiger partial charge in [0.25, 0.3) is 10.4 Å². The fourth-order valence-electron chi connectivity index (χ4n) is 0.864. The SMILES string of the molecule is CCCCCC/C=C/OS(=O)(=O)[O-].[K+]. The van der Waals surface area contributed by atoms with E-state index in [0.29, 0.717) is 0 Å². The molecule has 0 radical (unpaired) electrons. The molecule has 14 heavy (non-hydrogen) atoms. The van der Waals surface area contributed by atoms with Gasteiger partial charge in [0.2, 0.25) is 0 Å². The van der Waals surface area contributed by atoms with E-state index in [1.807, 2.05) is 0 Å². The number of rotatable bonds is 7. The first-order valence-electron chi connectivity index (χ1n) is 4.35. The van der Waals surface area contributed by atoms with Crippen LogP contribution in [0.2, 0.25) is 0 Å². The van der Waals surface area contributed by atoms with E-state index in [0.717, 1.165) is 31.9 Å². The van der Waals surface area contributed by atoms with Crippen molar-refractivity contribution in [2.75, 3.05) is 0 Å². The zero-order valence-electron chi connectivity index (χ0n) is 8.73. The summed E-state index contributed by atoms with van der Waals surface area (Å²) < 4.78 is 33.7. The Balaban J connectivity index is 0. The Bertz CT molecular complexity index is 236. The molecule has 0 saturated carbocycles. The largest absolute Gasteiger partial charge is 1.00 e. The second kappa shape index (κ2) is 10.6. The minimum atomic E-state index is -4.56. The quantitative estimate of drug-likeness (QED) is 0.189. The predicted octanol–water partition coefficient (Wildman–Crippen LogP) is -1.05. The Morgan fingerprint density at radius 2 is 1.93 bits per heavy atom. The maximum Gasteiger partial charge on any atom is 1.00 e. The summed E-state index contributed by atoms with van der Waals surface area (Å²) in [5.41, 5.74) is 0. The van der Waals surface area contributed by atoms with Gasteiger partial charge in [-0.2, -0.15) is 0 Å². The first-order chi connectivity index (χ1) is 6.06. The van der Waals surface area contributed by atoms with E-state index >= 15 is 0 Å². The fourth-order valence-corrected chi connectivity index (χ4v) is 1.08. The summed E-state index contributed by atoms with van der Waals surface area (Å²) in [4.78, 5) is 0. The van der Waals surface area contributed by atoms with Crippen LogP contribution < -0.4 is 51.4 Å². The van der Waals surface area contributed by atoms with Crippen LogP contribution in [0.3, 0.4) is 0 Å². The normalized spacial score (nSPS) is 11.3. The van der Waals surface area contributed by atoms with Gasteiger partial charge >= 0.3 is 51.4 Å². The smallest absolute Gasteiger partial charge is 0.716 e. The third-order valence-corrected chi connectivity index (χ3v) is 1.84. The van der Waals surface area contributed by atoms with E-state index in [-0.39, 0.29) is 51.4 Å². The molecule has 0 N–H and O–H groups in total. The zero-order chi connectivity index (χ0) is 10.2.